The molecule has 0 spiro atoms. The second-order valence-corrected chi connectivity index (χ2v) is 3.49. The normalized spacial score (nSPS) is 10.0. The van der Waals surface area contributed by atoms with Gasteiger partial charge < -0.3 is 4.74 Å². The molecule has 2 aromatic rings. The van der Waals surface area contributed by atoms with Crippen LogP contribution in [0.15, 0.2) is 49.1 Å². The molecule has 16 heavy (non-hydrogen) atoms. The number of hydrogen-bond donors (Lipinski definition) is 0. The first-order chi connectivity index (χ1) is 7.83. The van der Waals surface area contributed by atoms with Gasteiger partial charge in [0, 0.05) is 5.56 Å². The van der Waals surface area contributed by atoms with Gasteiger partial charge in [0.2, 0.25) is 0 Å². The first-order valence-electron chi connectivity index (χ1n) is 5.06. The smallest absolute Gasteiger partial charge is 0.150 e. The Bertz CT molecular complexity index is 529. The number of carbonyl (C=O) groups excluding carboxylic acids is 1. The zero-order chi connectivity index (χ0) is 11.4. The highest BCUT2D eigenvalue weighted by atomic mass is 16.5. The van der Waals surface area contributed by atoms with Gasteiger partial charge in [0.25, 0.3) is 0 Å². The highest BCUT2D eigenvalue weighted by molar-refractivity contribution is 5.89. The topological polar surface area (TPSA) is 26.3 Å². The molecule has 0 aliphatic heterocycles. The molecule has 0 unspecified atom stereocenters. The zero-order valence-electron chi connectivity index (χ0n) is 8.85. The van der Waals surface area contributed by atoms with E-state index in [2.05, 4.69) is 6.58 Å². The van der Waals surface area contributed by atoms with Gasteiger partial charge in [-0.25, -0.2) is 0 Å². The third-order valence-corrected chi connectivity index (χ3v) is 2.34. The summed E-state index contributed by atoms with van der Waals surface area (Å²) in [5.41, 5.74) is 0.687. The van der Waals surface area contributed by atoms with Crippen LogP contribution < -0.4 is 4.74 Å². The molecule has 0 radical (unpaired) electrons. The molecular weight excluding hydrogens is 200 g/mol. The lowest BCUT2D eigenvalue weighted by Gasteiger charge is -2.05. The predicted octanol–water partition coefficient (Wildman–Crippen LogP) is 3.22. The first-order valence-corrected chi connectivity index (χ1v) is 5.06. The fourth-order valence-electron chi connectivity index (χ4n) is 1.56. The fraction of sp³-hybridized carbons (Fsp3) is 0.0714. The number of ether oxygens (including phenoxy) is 1. The van der Waals surface area contributed by atoms with E-state index in [1.807, 2.05) is 30.3 Å². The molecule has 2 heteroatoms. The largest absolute Gasteiger partial charge is 0.490 e. The molecular formula is C14H12O2. The van der Waals surface area contributed by atoms with E-state index in [1.54, 1.807) is 12.1 Å². The molecule has 2 rings (SSSR count). The number of carbonyl (C=O) groups is 1. The summed E-state index contributed by atoms with van der Waals surface area (Å²) < 4.78 is 5.43. The summed E-state index contributed by atoms with van der Waals surface area (Å²) in [5, 5.41) is 2.10. The third-order valence-electron chi connectivity index (χ3n) is 2.34. The molecule has 0 aromatic heterocycles. The summed E-state index contributed by atoms with van der Waals surface area (Å²) in [4.78, 5) is 10.6. The summed E-state index contributed by atoms with van der Waals surface area (Å²) >= 11 is 0. The van der Waals surface area contributed by atoms with Crippen LogP contribution in [0, 0.1) is 0 Å². The molecule has 0 N–H and O–H groups in total. The Morgan fingerprint density at radius 2 is 1.88 bits per heavy atom. The van der Waals surface area contributed by atoms with E-state index in [0.717, 1.165) is 22.8 Å². The second kappa shape index (κ2) is 4.62. The van der Waals surface area contributed by atoms with Crippen molar-refractivity contribution in [2.75, 3.05) is 6.61 Å². The molecule has 0 heterocycles. The average molecular weight is 212 g/mol. The van der Waals surface area contributed by atoms with E-state index in [9.17, 15) is 4.79 Å². The molecule has 0 bridgehead atoms. The van der Waals surface area contributed by atoms with Gasteiger partial charge in [0.15, 0.2) is 0 Å². The maximum atomic E-state index is 10.6. The molecule has 2 aromatic carbocycles. The Labute approximate surface area is 94.2 Å². The number of fused-ring (bicyclic) bond motifs is 1. The Morgan fingerprint density at radius 3 is 2.62 bits per heavy atom. The molecule has 2 nitrogen and oxygen atoms in total. The standard InChI is InChI=1S/C14H12O2/c1-2-7-16-14-6-5-12-8-11(10-15)3-4-13(12)9-14/h2-6,8-10H,1,7H2. The predicted molar refractivity (Wildman–Crippen MR) is 65.0 cm³/mol. The number of hydrogen-bond acceptors (Lipinski definition) is 2. The number of benzene rings is 2. The van der Waals surface area contributed by atoms with Crippen molar-refractivity contribution in [1.29, 1.82) is 0 Å². The minimum absolute atomic E-state index is 0.498. The van der Waals surface area contributed by atoms with Crippen molar-refractivity contribution >= 4 is 17.1 Å². The van der Waals surface area contributed by atoms with Gasteiger partial charge in [-0.15, -0.1) is 0 Å². The summed E-state index contributed by atoms with van der Waals surface area (Å²) in [6, 6.07) is 11.4. The summed E-state index contributed by atoms with van der Waals surface area (Å²) in [7, 11) is 0. The molecule has 0 atom stereocenters. The lowest BCUT2D eigenvalue weighted by atomic mass is 10.1. The molecule has 0 aliphatic rings. The Morgan fingerprint density at radius 1 is 1.12 bits per heavy atom. The average Bonchev–Trinajstić information content (AvgIpc) is 2.35. The summed E-state index contributed by atoms with van der Waals surface area (Å²) in [5.74, 6) is 0.811. The SMILES string of the molecule is C=CCOc1ccc2cc(C=O)ccc2c1. The van der Waals surface area contributed by atoms with Crippen LogP contribution in [0.25, 0.3) is 10.8 Å². The van der Waals surface area contributed by atoms with Gasteiger partial charge >= 0.3 is 0 Å². The highest BCUT2D eigenvalue weighted by Crippen LogP contribution is 2.21. The van der Waals surface area contributed by atoms with E-state index in [0.29, 0.717) is 12.2 Å². The minimum atomic E-state index is 0.498. The second-order valence-electron chi connectivity index (χ2n) is 3.49. The molecule has 0 aliphatic carbocycles. The van der Waals surface area contributed by atoms with Gasteiger partial charge in [-0.2, -0.15) is 0 Å². The van der Waals surface area contributed by atoms with Crippen LogP contribution in [0.4, 0.5) is 0 Å². The van der Waals surface area contributed by atoms with Crippen LogP contribution in [0.3, 0.4) is 0 Å². The monoisotopic (exact) mass is 212 g/mol. The van der Waals surface area contributed by atoms with E-state index in [4.69, 9.17) is 4.74 Å². The summed E-state index contributed by atoms with van der Waals surface area (Å²) in [6.07, 6.45) is 2.56. The quantitative estimate of drug-likeness (QED) is 0.574. The van der Waals surface area contributed by atoms with Crippen LogP contribution in [0.2, 0.25) is 0 Å². The van der Waals surface area contributed by atoms with E-state index >= 15 is 0 Å². The fourth-order valence-corrected chi connectivity index (χ4v) is 1.56. The Hall–Kier alpha value is -2.09. The first kappa shape index (κ1) is 10.4. The molecule has 0 amide bonds. The van der Waals surface area contributed by atoms with Gasteiger partial charge in [-0.1, -0.05) is 30.9 Å². The van der Waals surface area contributed by atoms with Gasteiger partial charge in [0.05, 0.1) is 0 Å². The maximum Gasteiger partial charge on any atom is 0.150 e. The van der Waals surface area contributed by atoms with Crippen molar-refractivity contribution in [2.45, 2.75) is 0 Å². The van der Waals surface area contributed by atoms with Crippen LogP contribution in [-0.2, 0) is 0 Å². The van der Waals surface area contributed by atoms with E-state index in [-0.39, 0.29) is 0 Å². The van der Waals surface area contributed by atoms with Gasteiger partial charge in [-0.05, 0) is 29.0 Å². The van der Waals surface area contributed by atoms with Crippen molar-refractivity contribution in [1.82, 2.24) is 0 Å². The lowest BCUT2D eigenvalue weighted by molar-refractivity contribution is 0.112. The van der Waals surface area contributed by atoms with Crippen LogP contribution in [0.1, 0.15) is 10.4 Å². The summed E-state index contributed by atoms with van der Waals surface area (Å²) in [6.45, 7) is 4.09. The third kappa shape index (κ3) is 2.11. The van der Waals surface area contributed by atoms with Crippen molar-refractivity contribution in [3.05, 3.63) is 54.6 Å². The van der Waals surface area contributed by atoms with Gasteiger partial charge in [-0.3, -0.25) is 4.79 Å². The minimum Gasteiger partial charge on any atom is -0.490 e. The number of rotatable bonds is 4. The van der Waals surface area contributed by atoms with Crippen molar-refractivity contribution in [3.63, 3.8) is 0 Å². The van der Waals surface area contributed by atoms with E-state index in [1.165, 1.54) is 0 Å². The van der Waals surface area contributed by atoms with Crippen molar-refractivity contribution < 1.29 is 9.53 Å². The molecule has 0 saturated heterocycles. The number of aldehydes is 1. The molecule has 0 saturated carbocycles. The van der Waals surface area contributed by atoms with Crippen LogP contribution in [0.5, 0.6) is 5.75 Å². The Kier molecular flexibility index (Phi) is 3.01. The molecule has 0 fully saturated rings. The maximum absolute atomic E-state index is 10.6. The Balaban J connectivity index is 2.39. The highest BCUT2D eigenvalue weighted by Gasteiger charge is 1.98. The van der Waals surface area contributed by atoms with Crippen molar-refractivity contribution in [2.24, 2.45) is 0 Å². The lowest BCUT2D eigenvalue weighted by Crippen LogP contribution is -1.92. The van der Waals surface area contributed by atoms with Crippen LogP contribution in [-0.4, -0.2) is 12.9 Å². The zero-order valence-corrected chi connectivity index (χ0v) is 8.85. The van der Waals surface area contributed by atoms with Gasteiger partial charge in [0.1, 0.15) is 18.6 Å². The van der Waals surface area contributed by atoms with E-state index < -0.39 is 0 Å². The van der Waals surface area contributed by atoms with Crippen molar-refractivity contribution in [3.8, 4) is 5.75 Å². The molecule has 80 valence electrons. The van der Waals surface area contributed by atoms with Crippen LogP contribution >= 0.6 is 0 Å².